The highest BCUT2D eigenvalue weighted by atomic mass is 19.1. The number of nitrogens with one attached hydrogen (secondary N) is 2. The van der Waals surface area contributed by atoms with Gasteiger partial charge in [0.05, 0.1) is 0 Å². The Bertz CT molecular complexity index is 966. The van der Waals surface area contributed by atoms with Crippen molar-refractivity contribution in [1.82, 2.24) is 9.97 Å². The molecule has 0 bridgehead atoms. The van der Waals surface area contributed by atoms with Gasteiger partial charge in [-0.1, -0.05) is 18.2 Å². The first kappa shape index (κ1) is 19.5. The molecule has 1 amide bonds. The Balaban J connectivity index is 1.66. The summed E-state index contributed by atoms with van der Waals surface area (Å²) in [7, 11) is 0. The summed E-state index contributed by atoms with van der Waals surface area (Å²) in [6, 6.07) is 13.9. The van der Waals surface area contributed by atoms with E-state index in [0.29, 0.717) is 30.3 Å². The topological polar surface area (TPSA) is 66.9 Å². The van der Waals surface area contributed by atoms with Crippen molar-refractivity contribution in [3.05, 3.63) is 82.6 Å². The fraction of sp³-hybridized carbons (Fsp3) is 0.227. The molecule has 0 atom stereocenters. The van der Waals surface area contributed by atoms with Gasteiger partial charge < -0.3 is 10.6 Å². The van der Waals surface area contributed by atoms with Gasteiger partial charge in [0, 0.05) is 18.3 Å². The summed E-state index contributed by atoms with van der Waals surface area (Å²) >= 11 is 0. The van der Waals surface area contributed by atoms with Gasteiger partial charge in [-0.15, -0.1) is 0 Å². The third kappa shape index (κ3) is 5.36. The Hall–Kier alpha value is -3.28. The predicted molar refractivity (Wildman–Crippen MR) is 109 cm³/mol. The lowest BCUT2D eigenvalue weighted by Gasteiger charge is -2.10. The molecule has 144 valence electrons. The smallest absolute Gasteiger partial charge is 0.274 e. The van der Waals surface area contributed by atoms with Crippen LogP contribution in [0.15, 0.2) is 48.5 Å². The SMILES string of the molecule is Cc1cc(C)cc(NC(=O)c2cc(NCCc3ccc(F)cc3)nc(C)n2)c1. The molecule has 0 aliphatic carbocycles. The van der Waals surface area contributed by atoms with E-state index in [4.69, 9.17) is 0 Å². The molecule has 2 aromatic carbocycles. The molecule has 3 aromatic rings. The van der Waals surface area contributed by atoms with E-state index >= 15 is 0 Å². The molecule has 0 unspecified atom stereocenters. The third-order valence-electron chi connectivity index (χ3n) is 4.18. The third-order valence-corrected chi connectivity index (χ3v) is 4.18. The molecule has 0 saturated carbocycles. The Labute approximate surface area is 164 Å². The van der Waals surface area contributed by atoms with Gasteiger partial charge in [-0.05, 0) is 68.1 Å². The number of benzene rings is 2. The molecule has 6 heteroatoms. The zero-order valence-corrected chi connectivity index (χ0v) is 16.2. The van der Waals surface area contributed by atoms with Crippen LogP contribution in [-0.4, -0.2) is 22.4 Å². The number of hydrogen-bond donors (Lipinski definition) is 2. The van der Waals surface area contributed by atoms with Crippen molar-refractivity contribution in [2.75, 3.05) is 17.2 Å². The summed E-state index contributed by atoms with van der Waals surface area (Å²) in [5.74, 6) is 0.567. The number of amides is 1. The minimum Gasteiger partial charge on any atom is -0.370 e. The zero-order chi connectivity index (χ0) is 20.1. The average Bonchev–Trinajstić information content (AvgIpc) is 2.62. The van der Waals surface area contributed by atoms with E-state index in [9.17, 15) is 9.18 Å². The van der Waals surface area contributed by atoms with Crippen LogP contribution in [0.1, 0.15) is 33.0 Å². The molecule has 5 nitrogen and oxygen atoms in total. The first-order valence-corrected chi connectivity index (χ1v) is 9.13. The van der Waals surface area contributed by atoms with E-state index < -0.39 is 0 Å². The van der Waals surface area contributed by atoms with Crippen LogP contribution >= 0.6 is 0 Å². The number of rotatable bonds is 6. The largest absolute Gasteiger partial charge is 0.370 e. The highest BCUT2D eigenvalue weighted by Gasteiger charge is 2.11. The summed E-state index contributed by atoms with van der Waals surface area (Å²) in [5.41, 5.74) is 4.22. The highest BCUT2D eigenvalue weighted by Crippen LogP contribution is 2.15. The number of carbonyl (C=O) groups is 1. The monoisotopic (exact) mass is 378 g/mol. The lowest BCUT2D eigenvalue weighted by atomic mass is 10.1. The highest BCUT2D eigenvalue weighted by molar-refractivity contribution is 6.03. The van der Waals surface area contributed by atoms with Crippen LogP contribution in [0.3, 0.4) is 0 Å². The number of anilines is 2. The molecule has 0 spiro atoms. The number of nitrogens with zero attached hydrogens (tertiary/aromatic N) is 2. The van der Waals surface area contributed by atoms with Gasteiger partial charge in [0.2, 0.25) is 0 Å². The van der Waals surface area contributed by atoms with Crippen molar-refractivity contribution in [2.24, 2.45) is 0 Å². The number of halogens is 1. The van der Waals surface area contributed by atoms with E-state index in [-0.39, 0.29) is 11.7 Å². The molecule has 28 heavy (non-hydrogen) atoms. The van der Waals surface area contributed by atoms with Crippen LogP contribution in [-0.2, 0) is 6.42 Å². The second kappa shape index (κ2) is 8.61. The maximum absolute atomic E-state index is 13.0. The van der Waals surface area contributed by atoms with Crippen molar-refractivity contribution >= 4 is 17.4 Å². The molecule has 0 aliphatic heterocycles. The van der Waals surface area contributed by atoms with Crippen LogP contribution in [0.2, 0.25) is 0 Å². The molecule has 0 saturated heterocycles. The Kier molecular flexibility index (Phi) is 5.99. The average molecular weight is 378 g/mol. The quantitative estimate of drug-likeness (QED) is 0.665. The van der Waals surface area contributed by atoms with E-state index in [1.165, 1.54) is 12.1 Å². The summed E-state index contributed by atoms with van der Waals surface area (Å²) in [5, 5.41) is 6.09. The van der Waals surface area contributed by atoms with Crippen LogP contribution in [0.4, 0.5) is 15.9 Å². The lowest BCUT2D eigenvalue weighted by Crippen LogP contribution is -2.16. The molecule has 2 N–H and O–H groups in total. The first-order chi connectivity index (χ1) is 13.4. The minimum atomic E-state index is -0.280. The molecular weight excluding hydrogens is 355 g/mol. The van der Waals surface area contributed by atoms with Crippen LogP contribution in [0.25, 0.3) is 0 Å². The van der Waals surface area contributed by atoms with Gasteiger partial charge in [0.25, 0.3) is 5.91 Å². The molecule has 1 heterocycles. The number of aromatic nitrogens is 2. The molecule has 1 aromatic heterocycles. The van der Waals surface area contributed by atoms with Gasteiger partial charge in [0.15, 0.2) is 0 Å². The van der Waals surface area contributed by atoms with Crippen LogP contribution in [0.5, 0.6) is 0 Å². The lowest BCUT2D eigenvalue weighted by molar-refractivity contribution is 0.102. The summed E-state index contributed by atoms with van der Waals surface area (Å²) in [6.07, 6.45) is 0.716. The second-order valence-corrected chi connectivity index (χ2v) is 6.82. The van der Waals surface area contributed by atoms with Gasteiger partial charge in [0.1, 0.15) is 23.2 Å². The van der Waals surface area contributed by atoms with Crippen molar-refractivity contribution in [3.63, 3.8) is 0 Å². The van der Waals surface area contributed by atoms with Gasteiger partial charge in [-0.3, -0.25) is 4.79 Å². The fourth-order valence-corrected chi connectivity index (χ4v) is 3.00. The first-order valence-electron chi connectivity index (χ1n) is 9.13. The normalized spacial score (nSPS) is 10.6. The summed E-state index contributed by atoms with van der Waals surface area (Å²) < 4.78 is 13.0. The maximum Gasteiger partial charge on any atom is 0.274 e. The summed E-state index contributed by atoms with van der Waals surface area (Å²) in [6.45, 7) is 6.33. The minimum absolute atomic E-state index is 0.248. The number of carbonyl (C=O) groups excluding carboxylic acids is 1. The van der Waals surface area contributed by atoms with Gasteiger partial charge >= 0.3 is 0 Å². The van der Waals surface area contributed by atoms with Crippen molar-refractivity contribution < 1.29 is 9.18 Å². The molecular formula is C22H23FN4O. The Morgan fingerprint density at radius 3 is 2.32 bits per heavy atom. The predicted octanol–water partition coefficient (Wildman–Crippen LogP) is 4.45. The van der Waals surface area contributed by atoms with Crippen LogP contribution < -0.4 is 10.6 Å². The number of hydrogen-bond acceptors (Lipinski definition) is 4. The zero-order valence-electron chi connectivity index (χ0n) is 16.2. The second-order valence-electron chi connectivity index (χ2n) is 6.82. The van der Waals surface area contributed by atoms with E-state index in [0.717, 1.165) is 22.4 Å². The van der Waals surface area contributed by atoms with Crippen molar-refractivity contribution in [2.45, 2.75) is 27.2 Å². The molecule has 3 rings (SSSR count). The Morgan fingerprint density at radius 1 is 0.964 bits per heavy atom. The van der Waals surface area contributed by atoms with Crippen molar-refractivity contribution in [3.8, 4) is 0 Å². The van der Waals surface area contributed by atoms with E-state index in [2.05, 4.69) is 20.6 Å². The number of aryl methyl sites for hydroxylation is 3. The van der Waals surface area contributed by atoms with Gasteiger partial charge in [-0.25, -0.2) is 14.4 Å². The molecule has 0 aliphatic rings. The molecule has 0 radical (unpaired) electrons. The van der Waals surface area contributed by atoms with E-state index in [1.807, 2.05) is 32.0 Å². The van der Waals surface area contributed by atoms with E-state index in [1.54, 1.807) is 25.1 Å². The Morgan fingerprint density at radius 2 is 1.64 bits per heavy atom. The van der Waals surface area contributed by atoms with Gasteiger partial charge in [-0.2, -0.15) is 0 Å². The standard InChI is InChI=1S/C22H23FN4O/c1-14-10-15(2)12-19(11-14)27-22(28)20-13-21(26-16(3)25-20)24-9-8-17-4-6-18(23)7-5-17/h4-7,10-13H,8-9H2,1-3H3,(H,27,28)(H,24,25,26). The summed E-state index contributed by atoms with van der Waals surface area (Å²) in [4.78, 5) is 21.2. The molecule has 0 fully saturated rings. The van der Waals surface area contributed by atoms with Crippen molar-refractivity contribution in [1.29, 1.82) is 0 Å². The fourth-order valence-electron chi connectivity index (χ4n) is 3.00. The van der Waals surface area contributed by atoms with Crippen LogP contribution in [0, 0.1) is 26.6 Å². The maximum atomic E-state index is 13.0.